The Balaban J connectivity index is 1.77. The molecule has 3 heterocycles. The van der Waals surface area contributed by atoms with Crippen LogP contribution < -0.4 is 10.1 Å². The molecular formula is C21H22F2N8O. The van der Waals surface area contributed by atoms with Gasteiger partial charge in [-0.05, 0) is 44.5 Å². The van der Waals surface area contributed by atoms with Crippen molar-refractivity contribution < 1.29 is 13.5 Å². The van der Waals surface area contributed by atoms with Crippen LogP contribution in [0, 0.1) is 16.7 Å². The summed E-state index contributed by atoms with van der Waals surface area (Å²) in [5.74, 6) is 0.660. The third-order valence-corrected chi connectivity index (χ3v) is 5.20. The molecule has 0 aliphatic heterocycles. The van der Waals surface area contributed by atoms with Gasteiger partial charge >= 0.3 is 0 Å². The fourth-order valence-electron chi connectivity index (χ4n) is 3.29. The normalized spacial score (nSPS) is 12.9. The van der Waals surface area contributed by atoms with Crippen molar-refractivity contribution in [3.8, 4) is 23.1 Å². The number of hydrogen-bond donors (Lipinski definition) is 1. The number of benzene rings is 1. The van der Waals surface area contributed by atoms with Gasteiger partial charge in [-0.2, -0.15) is 10.2 Å². The number of fused-ring (bicyclic) bond motifs is 2. The molecule has 0 radical (unpaired) electrons. The first-order valence-corrected chi connectivity index (χ1v) is 9.96. The van der Waals surface area contributed by atoms with E-state index in [1.807, 2.05) is 26.0 Å². The second kappa shape index (κ2) is 8.03. The lowest BCUT2D eigenvalue weighted by atomic mass is 9.96. The molecule has 32 heavy (non-hydrogen) atoms. The minimum absolute atomic E-state index is 0.323. The monoisotopic (exact) mass is 440 g/mol. The molecular weight excluding hydrogens is 418 g/mol. The number of nitrogens with one attached hydrogen (secondary N) is 1. The average molecular weight is 440 g/mol. The van der Waals surface area contributed by atoms with Gasteiger partial charge in [-0.3, -0.25) is 0 Å². The number of anilines is 1. The van der Waals surface area contributed by atoms with Gasteiger partial charge in [0.2, 0.25) is 11.8 Å². The topological polar surface area (TPSA) is 106 Å². The molecule has 1 N–H and O–H groups in total. The number of ether oxygens (including phenoxy) is 1. The Labute approximate surface area is 182 Å². The van der Waals surface area contributed by atoms with E-state index >= 15 is 0 Å². The zero-order chi connectivity index (χ0) is 23.0. The smallest absolute Gasteiger partial charge is 0.260 e. The van der Waals surface area contributed by atoms with Crippen LogP contribution in [0.15, 0.2) is 30.5 Å². The van der Waals surface area contributed by atoms with Crippen LogP contribution in [0.5, 0.6) is 5.88 Å². The van der Waals surface area contributed by atoms with Gasteiger partial charge in [0, 0.05) is 18.3 Å². The second-order valence-corrected chi connectivity index (χ2v) is 8.13. The van der Waals surface area contributed by atoms with Gasteiger partial charge < -0.3 is 10.1 Å². The van der Waals surface area contributed by atoms with Crippen molar-refractivity contribution in [2.24, 2.45) is 5.41 Å². The van der Waals surface area contributed by atoms with E-state index in [0.717, 1.165) is 11.1 Å². The number of rotatable bonds is 7. The van der Waals surface area contributed by atoms with Crippen LogP contribution in [0.2, 0.25) is 0 Å². The Hall–Kier alpha value is -3.81. The van der Waals surface area contributed by atoms with Crippen LogP contribution in [-0.2, 0) is 0 Å². The van der Waals surface area contributed by atoms with Crippen LogP contribution in [0.1, 0.15) is 26.8 Å². The molecule has 0 bridgehead atoms. The highest BCUT2D eigenvalue weighted by Gasteiger charge is 2.22. The molecule has 11 heteroatoms. The number of nitrogens with zero attached hydrogens (tertiary/aromatic N) is 7. The maximum absolute atomic E-state index is 13.2. The Kier molecular flexibility index (Phi) is 5.38. The first-order valence-electron chi connectivity index (χ1n) is 9.96. The second-order valence-electron chi connectivity index (χ2n) is 8.13. The third kappa shape index (κ3) is 3.79. The van der Waals surface area contributed by atoms with E-state index in [1.54, 1.807) is 22.8 Å². The summed E-state index contributed by atoms with van der Waals surface area (Å²) < 4.78 is 34.9. The molecule has 0 amide bonds. The van der Waals surface area contributed by atoms with Crippen molar-refractivity contribution in [1.82, 2.24) is 29.6 Å². The third-order valence-electron chi connectivity index (χ3n) is 5.20. The van der Waals surface area contributed by atoms with Crippen LogP contribution in [0.3, 0.4) is 0 Å². The molecule has 9 nitrogen and oxygen atoms in total. The molecule has 0 saturated heterocycles. The zero-order valence-electron chi connectivity index (χ0n) is 18.0. The maximum atomic E-state index is 13.2. The molecule has 0 unspecified atom stereocenters. The molecule has 0 aliphatic rings. The van der Waals surface area contributed by atoms with Gasteiger partial charge in [0.25, 0.3) is 6.43 Å². The minimum Gasteiger partial charge on any atom is -0.479 e. The fraction of sp³-hybridized carbons (Fsp3) is 0.381. The fourth-order valence-corrected chi connectivity index (χ4v) is 3.29. The molecule has 0 fully saturated rings. The van der Waals surface area contributed by atoms with E-state index < -0.39 is 17.9 Å². The summed E-state index contributed by atoms with van der Waals surface area (Å²) in [6.45, 7) is 5.39. The molecule has 0 saturated carbocycles. The summed E-state index contributed by atoms with van der Waals surface area (Å²) in [6, 6.07) is 8.31. The van der Waals surface area contributed by atoms with Gasteiger partial charge in [0.1, 0.15) is 17.1 Å². The highest BCUT2D eigenvalue weighted by Crippen LogP contribution is 2.33. The standard InChI is InChI=1S/C21H22F2N8O/c1-12(18(22)23)31-16-9-13(5-6-15(16)27-29-31)14-7-8-30-17(14)19(32-4)26-20(28-30)25-11-21(2,3)10-24/h5-9,12,18H,11H2,1-4H3,(H,25,28)/t12-/m1/s1. The van der Waals surface area contributed by atoms with Gasteiger partial charge in [0.05, 0.1) is 24.1 Å². The zero-order valence-corrected chi connectivity index (χ0v) is 18.0. The van der Waals surface area contributed by atoms with Crippen molar-refractivity contribution in [3.05, 3.63) is 30.5 Å². The predicted molar refractivity (Wildman–Crippen MR) is 115 cm³/mol. The Bertz CT molecular complexity index is 1320. The average Bonchev–Trinajstić information content (AvgIpc) is 3.40. The van der Waals surface area contributed by atoms with Gasteiger partial charge in [-0.1, -0.05) is 11.3 Å². The Morgan fingerprint density at radius 1 is 1.28 bits per heavy atom. The lowest BCUT2D eigenvalue weighted by molar-refractivity contribution is 0.0866. The molecule has 4 rings (SSSR count). The molecule has 3 aromatic heterocycles. The van der Waals surface area contributed by atoms with Gasteiger partial charge in [-0.25, -0.2) is 18.0 Å². The molecule has 4 aromatic rings. The lowest BCUT2D eigenvalue weighted by Crippen LogP contribution is -2.22. The first-order chi connectivity index (χ1) is 15.2. The van der Waals surface area contributed by atoms with E-state index in [2.05, 4.69) is 31.8 Å². The number of hydrogen-bond acceptors (Lipinski definition) is 7. The van der Waals surface area contributed by atoms with Crippen LogP contribution in [0.4, 0.5) is 14.7 Å². The van der Waals surface area contributed by atoms with E-state index in [4.69, 9.17) is 4.74 Å². The molecule has 0 aliphatic carbocycles. The van der Waals surface area contributed by atoms with Gasteiger partial charge in [-0.15, -0.1) is 10.2 Å². The molecule has 0 spiro atoms. The van der Waals surface area contributed by atoms with E-state index in [1.165, 1.54) is 18.7 Å². The van der Waals surface area contributed by atoms with Crippen molar-refractivity contribution >= 4 is 22.5 Å². The SMILES string of the molecule is COc1nc(NCC(C)(C)C#N)nn2ccc(-c3ccc4nnn([C@H](C)C(F)F)c4c3)c12. The highest BCUT2D eigenvalue weighted by atomic mass is 19.3. The van der Waals surface area contributed by atoms with E-state index in [9.17, 15) is 14.0 Å². The van der Waals surface area contributed by atoms with Gasteiger partial charge in [0.15, 0.2) is 0 Å². The molecule has 166 valence electrons. The predicted octanol–water partition coefficient (Wildman–Crippen LogP) is 3.94. The lowest BCUT2D eigenvalue weighted by Gasteiger charge is -2.16. The van der Waals surface area contributed by atoms with Crippen molar-refractivity contribution in [1.29, 1.82) is 5.26 Å². The van der Waals surface area contributed by atoms with Crippen LogP contribution in [0.25, 0.3) is 27.7 Å². The summed E-state index contributed by atoms with van der Waals surface area (Å²) >= 11 is 0. The Morgan fingerprint density at radius 2 is 2.06 bits per heavy atom. The first kappa shape index (κ1) is 21.4. The summed E-state index contributed by atoms with van der Waals surface area (Å²) in [5.41, 5.74) is 2.60. The van der Waals surface area contributed by atoms with Crippen molar-refractivity contribution in [2.45, 2.75) is 33.2 Å². The van der Waals surface area contributed by atoms with Crippen LogP contribution in [-0.4, -0.2) is 49.7 Å². The number of aromatic nitrogens is 6. The summed E-state index contributed by atoms with van der Waals surface area (Å²) in [4.78, 5) is 4.43. The Morgan fingerprint density at radius 3 is 2.75 bits per heavy atom. The number of nitriles is 1. The summed E-state index contributed by atoms with van der Waals surface area (Å²) in [6.07, 6.45) is -0.805. The van der Waals surface area contributed by atoms with E-state index in [-0.39, 0.29) is 0 Å². The molecule has 1 atom stereocenters. The van der Waals surface area contributed by atoms with Crippen molar-refractivity contribution in [2.75, 3.05) is 19.0 Å². The number of alkyl halides is 2. The quantitative estimate of drug-likeness (QED) is 0.464. The van der Waals surface area contributed by atoms with Crippen molar-refractivity contribution in [3.63, 3.8) is 0 Å². The summed E-state index contributed by atoms with van der Waals surface area (Å²) in [7, 11) is 1.51. The number of methoxy groups -OCH3 is 1. The highest BCUT2D eigenvalue weighted by molar-refractivity contribution is 5.89. The maximum Gasteiger partial charge on any atom is 0.260 e. The largest absolute Gasteiger partial charge is 0.479 e. The molecule has 1 aromatic carbocycles. The summed E-state index contributed by atoms with van der Waals surface area (Å²) in [5, 5.41) is 24.6. The minimum atomic E-state index is -2.57. The van der Waals surface area contributed by atoms with Crippen LogP contribution >= 0.6 is 0 Å². The van der Waals surface area contributed by atoms with E-state index in [0.29, 0.717) is 34.9 Å². The number of halogens is 2.